The number of hydrazone groups is 1. The minimum absolute atomic E-state index is 0.184. The Hall–Kier alpha value is -2.57. The van der Waals surface area contributed by atoms with Crippen LogP contribution in [0.15, 0.2) is 47.6 Å². The van der Waals surface area contributed by atoms with Gasteiger partial charge in [-0.2, -0.15) is 5.10 Å². The highest BCUT2D eigenvalue weighted by Crippen LogP contribution is 2.19. The number of carbonyl (C=O) groups excluding carboxylic acids is 2. The predicted octanol–water partition coefficient (Wildman–Crippen LogP) is 4.36. The molecule has 2 rings (SSSR count). The van der Waals surface area contributed by atoms with Gasteiger partial charge in [0.25, 0.3) is 11.8 Å². The second-order valence-electron chi connectivity index (χ2n) is 7.20. The Balaban J connectivity index is 1.94. The van der Waals surface area contributed by atoms with Crippen molar-refractivity contribution in [3.05, 3.63) is 63.6 Å². The van der Waals surface area contributed by atoms with E-state index in [0.29, 0.717) is 27.8 Å². The van der Waals surface area contributed by atoms with Crippen LogP contribution in [0.5, 0.6) is 5.75 Å². The van der Waals surface area contributed by atoms with Gasteiger partial charge in [0.2, 0.25) is 0 Å². The average molecular weight is 450 g/mol. The highest BCUT2D eigenvalue weighted by molar-refractivity contribution is 6.36. The molecule has 2 aromatic rings. The monoisotopic (exact) mass is 449 g/mol. The first-order valence-electron chi connectivity index (χ1n) is 9.52. The van der Waals surface area contributed by atoms with Crippen LogP contribution in [-0.2, 0) is 9.59 Å². The van der Waals surface area contributed by atoms with E-state index in [4.69, 9.17) is 27.9 Å². The molecule has 0 bridgehead atoms. The van der Waals surface area contributed by atoms with Gasteiger partial charge >= 0.3 is 0 Å². The fraction of sp³-hybridized carbons (Fsp3) is 0.318. The lowest BCUT2D eigenvalue weighted by molar-refractivity contribution is -0.130. The van der Waals surface area contributed by atoms with Crippen molar-refractivity contribution >= 4 is 41.2 Å². The summed E-state index contributed by atoms with van der Waals surface area (Å²) in [6.45, 7) is 5.64. The zero-order valence-corrected chi connectivity index (χ0v) is 18.6. The number of halogens is 2. The summed E-state index contributed by atoms with van der Waals surface area (Å²) in [7, 11) is 0. The number of aryl methyl sites for hydroxylation is 1. The van der Waals surface area contributed by atoms with Crippen LogP contribution < -0.4 is 15.5 Å². The van der Waals surface area contributed by atoms with E-state index >= 15 is 0 Å². The number of hydrogen-bond acceptors (Lipinski definition) is 4. The largest absolute Gasteiger partial charge is 0.484 e. The van der Waals surface area contributed by atoms with Crippen LogP contribution in [0.1, 0.15) is 31.4 Å². The summed E-state index contributed by atoms with van der Waals surface area (Å²) in [5, 5.41) is 7.58. The summed E-state index contributed by atoms with van der Waals surface area (Å²) >= 11 is 11.9. The summed E-state index contributed by atoms with van der Waals surface area (Å²) in [6, 6.07) is 11.6. The summed E-state index contributed by atoms with van der Waals surface area (Å²) in [6.07, 6.45) is 1.88. The number of ether oxygens (including phenoxy) is 1. The van der Waals surface area contributed by atoms with Crippen molar-refractivity contribution in [3.8, 4) is 5.75 Å². The molecule has 8 heteroatoms. The quantitative estimate of drug-likeness (QED) is 0.440. The van der Waals surface area contributed by atoms with Crippen molar-refractivity contribution in [2.24, 2.45) is 11.0 Å². The van der Waals surface area contributed by atoms with Crippen LogP contribution >= 0.6 is 23.2 Å². The first-order chi connectivity index (χ1) is 14.3. The van der Waals surface area contributed by atoms with Crippen LogP contribution in [-0.4, -0.2) is 30.7 Å². The summed E-state index contributed by atoms with van der Waals surface area (Å²) < 4.78 is 5.55. The molecule has 6 nitrogen and oxygen atoms in total. The SMILES string of the molecule is Cc1ccccc1OCC(=O)N[C@@H](CC(C)C)C(=O)N/N=C\c1ccc(Cl)cc1Cl. The van der Waals surface area contributed by atoms with E-state index in [1.807, 2.05) is 39.0 Å². The number of rotatable bonds is 9. The lowest BCUT2D eigenvalue weighted by Gasteiger charge is -2.19. The van der Waals surface area contributed by atoms with Gasteiger partial charge in [0.15, 0.2) is 6.61 Å². The maximum Gasteiger partial charge on any atom is 0.262 e. The molecule has 0 spiro atoms. The van der Waals surface area contributed by atoms with Crippen LogP contribution in [0, 0.1) is 12.8 Å². The Morgan fingerprint density at radius 1 is 1.17 bits per heavy atom. The molecule has 0 radical (unpaired) electrons. The minimum atomic E-state index is -0.740. The van der Waals surface area contributed by atoms with Crippen LogP contribution in [0.4, 0.5) is 0 Å². The van der Waals surface area contributed by atoms with Gasteiger partial charge in [-0.3, -0.25) is 9.59 Å². The van der Waals surface area contributed by atoms with E-state index in [9.17, 15) is 9.59 Å². The van der Waals surface area contributed by atoms with Crippen molar-refractivity contribution in [2.75, 3.05) is 6.61 Å². The number of benzene rings is 2. The number of nitrogens with zero attached hydrogens (tertiary/aromatic N) is 1. The molecule has 0 aliphatic heterocycles. The molecule has 0 saturated carbocycles. The summed E-state index contributed by atoms with van der Waals surface area (Å²) in [5.41, 5.74) is 3.99. The molecule has 2 amide bonds. The fourth-order valence-electron chi connectivity index (χ4n) is 2.65. The van der Waals surface area contributed by atoms with Gasteiger partial charge in [0.05, 0.1) is 11.2 Å². The third-order valence-electron chi connectivity index (χ3n) is 4.15. The van der Waals surface area contributed by atoms with Crippen LogP contribution in [0.25, 0.3) is 0 Å². The van der Waals surface area contributed by atoms with Gasteiger partial charge in [-0.05, 0) is 43.0 Å². The molecule has 2 N–H and O–H groups in total. The normalized spacial score (nSPS) is 12.1. The second kappa shape index (κ2) is 11.6. The number of hydrogen-bond donors (Lipinski definition) is 2. The number of amides is 2. The summed E-state index contributed by atoms with van der Waals surface area (Å²) in [4.78, 5) is 24.8. The first kappa shape index (κ1) is 23.7. The van der Waals surface area contributed by atoms with Crippen molar-refractivity contribution < 1.29 is 14.3 Å². The molecular weight excluding hydrogens is 425 g/mol. The standard InChI is InChI=1S/C22H25Cl2N3O3/c1-14(2)10-19(26-21(28)13-30-20-7-5-4-6-15(20)3)22(29)27-25-12-16-8-9-17(23)11-18(16)24/h4-9,11-12,14,19H,10,13H2,1-3H3,(H,26,28)(H,27,29)/b25-12-/t19-/m0/s1. The molecule has 0 unspecified atom stereocenters. The van der Waals surface area contributed by atoms with E-state index in [0.717, 1.165) is 5.56 Å². The molecule has 2 aromatic carbocycles. The van der Waals surface area contributed by atoms with E-state index in [2.05, 4.69) is 15.8 Å². The average Bonchev–Trinajstić information content (AvgIpc) is 2.68. The third-order valence-corrected chi connectivity index (χ3v) is 4.71. The van der Waals surface area contributed by atoms with Crippen molar-refractivity contribution in [2.45, 2.75) is 33.2 Å². The molecule has 1 atom stereocenters. The summed E-state index contributed by atoms with van der Waals surface area (Å²) in [5.74, 6) is 0.00744. The molecule has 0 fully saturated rings. The maximum absolute atomic E-state index is 12.5. The van der Waals surface area contributed by atoms with E-state index in [1.54, 1.807) is 24.3 Å². The van der Waals surface area contributed by atoms with Gasteiger partial charge in [0, 0.05) is 10.6 Å². The van der Waals surface area contributed by atoms with Gasteiger partial charge in [-0.1, -0.05) is 61.3 Å². The van der Waals surface area contributed by atoms with Gasteiger partial charge in [0.1, 0.15) is 11.8 Å². The number of nitrogens with one attached hydrogen (secondary N) is 2. The fourth-order valence-corrected chi connectivity index (χ4v) is 3.11. The second-order valence-corrected chi connectivity index (χ2v) is 8.05. The lowest BCUT2D eigenvalue weighted by atomic mass is 10.0. The smallest absolute Gasteiger partial charge is 0.262 e. The zero-order valence-electron chi connectivity index (χ0n) is 17.1. The Labute approximate surface area is 186 Å². The maximum atomic E-state index is 12.5. The number of carbonyl (C=O) groups is 2. The Morgan fingerprint density at radius 3 is 2.57 bits per heavy atom. The van der Waals surface area contributed by atoms with Crippen molar-refractivity contribution in [1.29, 1.82) is 0 Å². The van der Waals surface area contributed by atoms with Crippen molar-refractivity contribution in [1.82, 2.24) is 10.7 Å². The first-order valence-corrected chi connectivity index (χ1v) is 10.3. The Bertz CT molecular complexity index is 916. The van der Waals surface area contributed by atoms with E-state index in [1.165, 1.54) is 6.21 Å². The Kier molecular flexibility index (Phi) is 9.15. The highest BCUT2D eigenvalue weighted by atomic mass is 35.5. The predicted molar refractivity (Wildman–Crippen MR) is 120 cm³/mol. The number of para-hydroxylation sites is 1. The van der Waals surface area contributed by atoms with Gasteiger partial charge in [-0.15, -0.1) is 0 Å². The highest BCUT2D eigenvalue weighted by Gasteiger charge is 2.22. The van der Waals surface area contributed by atoms with Gasteiger partial charge < -0.3 is 10.1 Å². The minimum Gasteiger partial charge on any atom is -0.484 e. The molecule has 0 aliphatic carbocycles. The van der Waals surface area contributed by atoms with Crippen molar-refractivity contribution in [3.63, 3.8) is 0 Å². The molecular formula is C22H25Cl2N3O3. The zero-order chi connectivity index (χ0) is 22.1. The Morgan fingerprint density at radius 2 is 1.90 bits per heavy atom. The van der Waals surface area contributed by atoms with E-state index in [-0.39, 0.29) is 18.4 Å². The molecule has 0 aliphatic rings. The van der Waals surface area contributed by atoms with E-state index < -0.39 is 11.9 Å². The molecule has 0 aromatic heterocycles. The molecule has 0 saturated heterocycles. The molecule has 160 valence electrons. The van der Waals surface area contributed by atoms with Crippen LogP contribution in [0.2, 0.25) is 10.0 Å². The molecule has 0 heterocycles. The van der Waals surface area contributed by atoms with Crippen LogP contribution in [0.3, 0.4) is 0 Å². The topological polar surface area (TPSA) is 79.8 Å². The third kappa shape index (κ3) is 7.69. The molecule has 30 heavy (non-hydrogen) atoms. The van der Waals surface area contributed by atoms with Gasteiger partial charge in [-0.25, -0.2) is 5.43 Å². The lowest BCUT2D eigenvalue weighted by Crippen LogP contribution is -2.47.